The predicted molar refractivity (Wildman–Crippen MR) is 69.6 cm³/mol. The predicted octanol–water partition coefficient (Wildman–Crippen LogP) is 3.72. The lowest BCUT2D eigenvalue weighted by atomic mass is 9.89. The van der Waals surface area contributed by atoms with E-state index in [1.54, 1.807) is 6.26 Å². The van der Waals surface area contributed by atoms with Crippen molar-refractivity contribution in [2.24, 2.45) is 0 Å². The highest BCUT2D eigenvalue weighted by molar-refractivity contribution is 5.45. The molecule has 0 radical (unpaired) electrons. The molecule has 1 saturated carbocycles. The van der Waals surface area contributed by atoms with Crippen molar-refractivity contribution in [1.82, 2.24) is 15.1 Å². The van der Waals surface area contributed by atoms with Crippen LogP contribution >= 0.6 is 0 Å². The second-order valence-electron chi connectivity index (χ2n) is 5.17. The Hall–Kier alpha value is -1.65. The van der Waals surface area contributed by atoms with Crippen LogP contribution in [0.1, 0.15) is 63.1 Å². The lowest BCUT2D eigenvalue weighted by molar-refractivity contribution is 0.314. The van der Waals surface area contributed by atoms with Gasteiger partial charge in [0, 0.05) is 12.3 Å². The highest BCUT2D eigenvalue weighted by atomic mass is 16.5. The van der Waals surface area contributed by atoms with Crippen molar-refractivity contribution in [3.05, 3.63) is 18.0 Å². The van der Waals surface area contributed by atoms with Gasteiger partial charge in [-0.15, -0.1) is 0 Å². The summed E-state index contributed by atoms with van der Waals surface area (Å²) in [7, 11) is 0. The van der Waals surface area contributed by atoms with Gasteiger partial charge in [0.05, 0.1) is 0 Å². The summed E-state index contributed by atoms with van der Waals surface area (Å²) in [6, 6.07) is 0. The summed E-state index contributed by atoms with van der Waals surface area (Å²) in [5.41, 5.74) is 0.675. The fourth-order valence-electron chi connectivity index (χ4n) is 2.60. The van der Waals surface area contributed by atoms with Gasteiger partial charge in [0.25, 0.3) is 0 Å². The summed E-state index contributed by atoms with van der Waals surface area (Å²) in [5.74, 6) is 2.47. The molecule has 19 heavy (non-hydrogen) atoms. The summed E-state index contributed by atoms with van der Waals surface area (Å²) in [6.45, 7) is 2.10. The molecule has 2 aromatic heterocycles. The fourth-order valence-corrected chi connectivity index (χ4v) is 2.60. The average molecular weight is 261 g/mol. The normalized spacial score (nSPS) is 16.9. The number of hydrogen-bond acceptors (Lipinski definition) is 5. The first-order valence-electron chi connectivity index (χ1n) is 7.15. The van der Waals surface area contributed by atoms with Crippen LogP contribution in [0.2, 0.25) is 0 Å². The van der Waals surface area contributed by atoms with E-state index in [2.05, 4.69) is 22.0 Å². The van der Waals surface area contributed by atoms with E-state index in [0.29, 0.717) is 17.4 Å². The molecule has 1 aliphatic carbocycles. The number of hydrogen-bond donors (Lipinski definition) is 0. The van der Waals surface area contributed by atoms with Crippen molar-refractivity contribution in [1.29, 1.82) is 0 Å². The first-order chi connectivity index (χ1) is 9.36. The largest absolute Gasteiger partial charge is 0.448 e. The Morgan fingerprint density at radius 2 is 2.05 bits per heavy atom. The van der Waals surface area contributed by atoms with Crippen molar-refractivity contribution < 1.29 is 8.94 Å². The highest BCUT2D eigenvalue weighted by Crippen LogP contribution is 2.32. The Labute approximate surface area is 112 Å². The summed E-state index contributed by atoms with van der Waals surface area (Å²) >= 11 is 0. The molecule has 0 saturated heterocycles. The van der Waals surface area contributed by atoms with E-state index in [9.17, 15) is 0 Å². The lowest BCUT2D eigenvalue weighted by Crippen LogP contribution is -2.04. The van der Waals surface area contributed by atoms with Gasteiger partial charge < -0.3 is 8.94 Å². The van der Waals surface area contributed by atoms with Gasteiger partial charge in [-0.1, -0.05) is 31.3 Å². The summed E-state index contributed by atoms with van der Waals surface area (Å²) in [6.07, 6.45) is 9.61. The van der Waals surface area contributed by atoms with E-state index >= 15 is 0 Å². The van der Waals surface area contributed by atoms with Crippen LogP contribution in [-0.2, 0) is 6.42 Å². The quantitative estimate of drug-likeness (QED) is 0.839. The Kier molecular flexibility index (Phi) is 3.62. The van der Waals surface area contributed by atoms with Crippen molar-refractivity contribution in [3.63, 3.8) is 0 Å². The molecule has 0 spiro atoms. The minimum Gasteiger partial charge on any atom is -0.448 e. The van der Waals surface area contributed by atoms with Gasteiger partial charge in [-0.2, -0.15) is 4.98 Å². The third-order valence-corrected chi connectivity index (χ3v) is 3.64. The second-order valence-corrected chi connectivity index (χ2v) is 5.17. The fraction of sp³-hybridized carbons (Fsp3) is 0.643. The molecular formula is C14H19N3O2. The molecule has 0 N–H and O–H groups in total. The summed E-state index contributed by atoms with van der Waals surface area (Å²) in [4.78, 5) is 8.85. The number of aromatic nitrogens is 3. The Balaban J connectivity index is 1.75. The zero-order chi connectivity index (χ0) is 13.1. The third-order valence-electron chi connectivity index (χ3n) is 3.64. The van der Waals surface area contributed by atoms with E-state index in [4.69, 9.17) is 8.94 Å². The van der Waals surface area contributed by atoms with E-state index in [-0.39, 0.29) is 0 Å². The van der Waals surface area contributed by atoms with Crippen LogP contribution in [0.4, 0.5) is 0 Å². The number of nitrogens with zero attached hydrogens (tertiary/aromatic N) is 3. The Morgan fingerprint density at radius 1 is 1.21 bits per heavy atom. The minimum atomic E-state index is 0.428. The zero-order valence-electron chi connectivity index (χ0n) is 11.3. The number of aryl methyl sites for hydroxylation is 1. The maximum atomic E-state index is 5.38. The van der Waals surface area contributed by atoms with Crippen LogP contribution in [0.25, 0.3) is 11.5 Å². The molecule has 102 valence electrons. The summed E-state index contributed by atoms with van der Waals surface area (Å²) in [5, 5.41) is 4.03. The van der Waals surface area contributed by atoms with Crippen molar-refractivity contribution in [2.45, 2.75) is 57.8 Å². The molecule has 0 aromatic carbocycles. The second kappa shape index (κ2) is 5.55. The SMILES string of the molecule is CCCc1nc(-c2noc(C3CCCCC3)n2)co1. The molecule has 0 bridgehead atoms. The first kappa shape index (κ1) is 12.4. The van der Waals surface area contributed by atoms with E-state index in [1.807, 2.05) is 0 Å². The van der Waals surface area contributed by atoms with Gasteiger partial charge in [-0.25, -0.2) is 4.98 Å². The molecule has 5 heteroatoms. The highest BCUT2D eigenvalue weighted by Gasteiger charge is 2.22. The molecule has 1 fully saturated rings. The molecule has 3 rings (SSSR count). The minimum absolute atomic E-state index is 0.428. The molecule has 0 atom stereocenters. The zero-order valence-corrected chi connectivity index (χ0v) is 11.3. The molecular weight excluding hydrogens is 242 g/mol. The average Bonchev–Trinajstić information content (AvgIpc) is 3.08. The Morgan fingerprint density at radius 3 is 2.84 bits per heavy atom. The van der Waals surface area contributed by atoms with Crippen molar-refractivity contribution in [2.75, 3.05) is 0 Å². The summed E-state index contributed by atoms with van der Waals surface area (Å²) < 4.78 is 10.8. The first-order valence-corrected chi connectivity index (χ1v) is 7.15. The lowest BCUT2D eigenvalue weighted by Gasteiger charge is -2.17. The smallest absolute Gasteiger partial charge is 0.230 e. The van der Waals surface area contributed by atoms with Gasteiger partial charge in [0.2, 0.25) is 11.7 Å². The molecule has 2 heterocycles. The van der Waals surface area contributed by atoms with E-state index in [1.165, 1.54) is 19.3 Å². The molecule has 0 amide bonds. The molecule has 1 aliphatic rings. The maximum absolute atomic E-state index is 5.38. The van der Waals surface area contributed by atoms with Crippen LogP contribution in [0, 0.1) is 0 Å². The third kappa shape index (κ3) is 2.69. The molecule has 5 nitrogen and oxygen atoms in total. The van der Waals surface area contributed by atoms with Crippen molar-refractivity contribution >= 4 is 0 Å². The topological polar surface area (TPSA) is 65.0 Å². The van der Waals surface area contributed by atoms with Crippen LogP contribution in [0.3, 0.4) is 0 Å². The van der Waals surface area contributed by atoms with Gasteiger partial charge in [0.1, 0.15) is 12.0 Å². The van der Waals surface area contributed by atoms with Crippen LogP contribution < -0.4 is 0 Å². The number of oxazole rings is 1. The van der Waals surface area contributed by atoms with Gasteiger partial charge in [-0.05, 0) is 19.3 Å². The Bertz CT molecular complexity index is 526. The molecule has 0 unspecified atom stereocenters. The standard InChI is InChI=1S/C14H19N3O2/c1-2-6-12-15-11(9-18-12)13-16-14(19-17-13)10-7-4-3-5-8-10/h9-10H,2-8H2,1H3. The van der Waals surface area contributed by atoms with E-state index < -0.39 is 0 Å². The molecule has 0 aliphatic heterocycles. The van der Waals surface area contributed by atoms with Gasteiger partial charge in [-0.3, -0.25) is 0 Å². The van der Waals surface area contributed by atoms with Crippen LogP contribution in [0.15, 0.2) is 15.2 Å². The van der Waals surface area contributed by atoms with Crippen molar-refractivity contribution in [3.8, 4) is 11.5 Å². The monoisotopic (exact) mass is 261 g/mol. The van der Waals surface area contributed by atoms with Crippen LogP contribution in [-0.4, -0.2) is 15.1 Å². The number of rotatable bonds is 4. The van der Waals surface area contributed by atoms with E-state index in [0.717, 1.165) is 37.5 Å². The molecule has 2 aromatic rings. The van der Waals surface area contributed by atoms with Crippen LogP contribution in [0.5, 0.6) is 0 Å². The van der Waals surface area contributed by atoms with Gasteiger partial charge >= 0.3 is 0 Å². The maximum Gasteiger partial charge on any atom is 0.230 e. The van der Waals surface area contributed by atoms with Gasteiger partial charge in [0.15, 0.2) is 5.89 Å².